The summed E-state index contributed by atoms with van der Waals surface area (Å²) in [6.45, 7) is 1.64. The molecule has 4 aromatic rings. The van der Waals surface area contributed by atoms with E-state index >= 15 is 0 Å². The van der Waals surface area contributed by atoms with E-state index in [1.54, 1.807) is 23.8 Å². The van der Waals surface area contributed by atoms with Gasteiger partial charge < -0.3 is 5.11 Å². The summed E-state index contributed by atoms with van der Waals surface area (Å²) in [5.74, 6) is -2.61. The number of halogens is 2. The lowest BCUT2D eigenvalue weighted by molar-refractivity contribution is -0.117. The molecule has 0 bridgehead atoms. The Bertz CT molecular complexity index is 1090. The highest BCUT2D eigenvalue weighted by atomic mass is 19.3. The number of aliphatic hydroxyl groups excluding tert-OH is 1. The Morgan fingerprint density at radius 2 is 2.11 bits per heavy atom. The molecule has 0 aliphatic heterocycles. The van der Waals surface area contributed by atoms with Crippen LogP contribution in [-0.4, -0.2) is 40.7 Å². The number of benzene rings is 1. The van der Waals surface area contributed by atoms with Crippen LogP contribution in [0.3, 0.4) is 0 Å². The average molecular weight is 384 g/mol. The predicted molar refractivity (Wildman–Crippen MR) is 99.1 cm³/mol. The van der Waals surface area contributed by atoms with E-state index in [0.717, 1.165) is 11.3 Å². The lowest BCUT2D eigenvalue weighted by atomic mass is 10.1. The van der Waals surface area contributed by atoms with Gasteiger partial charge in [-0.25, -0.2) is 23.7 Å². The number of aromatic nitrogens is 6. The lowest BCUT2D eigenvalue weighted by Crippen LogP contribution is -2.26. The number of rotatable bonds is 6. The quantitative estimate of drug-likeness (QED) is 0.529. The van der Waals surface area contributed by atoms with Gasteiger partial charge in [0.15, 0.2) is 17.6 Å². The van der Waals surface area contributed by atoms with Crippen molar-refractivity contribution in [2.45, 2.75) is 31.8 Å². The van der Waals surface area contributed by atoms with Crippen molar-refractivity contribution >= 4 is 11.2 Å². The zero-order chi connectivity index (χ0) is 19.7. The van der Waals surface area contributed by atoms with Gasteiger partial charge in [0.05, 0.1) is 11.9 Å². The second-order valence-electron chi connectivity index (χ2n) is 6.49. The minimum atomic E-state index is -3.24. The Balaban J connectivity index is 1.70. The zero-order valence-electron chi connectivity index (χ0n) is 15.0. The number of nitrogens with one attached hydrogen (secondary N) is 1. The number of alkyl halides is 2. The Hall–Kier alpha value is -3.20. The van der Waals surface area contributed by atoms with Crippen LogP contribution in [0.25, 0.3) is 28.2 Å². The van der Waals surface area contributed by atoms with Gasteiger partial charge in [0.25, 0.3) is 5.92 Å². The van der Waals surface area contributed by atoms with Gasteiger partial charge >= 0.3 is 0 Å². The molecule has 7 nitrogen and oxygen atoms in total. The number of hydrogen-bond donors (Lipinski definition) is 2. The van der Waals surface area contributed by atoms with Crippen molar-refractivity contribution in [2.75, 3.05) is 0 Å². The molecular weight excluding hydrogens is 366 g/mol. The fourth-order valence-electron chi connectivity index (χ4n) is 3.10. The Morgan fingerprint density at radius 3 is 2.86 bits per heavy atom. The maximum absolute atomic E-state index is 14.0. The minimum absolute atomic E-state index is 0.140. The molecule has 0 amide bonds. The molecule has 9 heteroatoms. The first-order chi connectivity index (χ1) is 13.5. The summed E-state index contributed by atoms with van der Waals surface area (Å²) in [5, 5.41) is 16.7. The van der Waals surface area contributed by atoms with Crippen LogP contribution in [0.2, 0.25) is 0 Å². The van der Waals surface area contributed by atoms with Gasteiger partial charge in [-0.2, -0.15) is 5.10 Å². The third kappa shape index (κ3) is 3.24. The number of hydrogen-bond acceptors (Lipinski definition) is 5. The van der Waals surface area contributed by atoms with Crippen LogP contribution in [0, 0.1) is 0 Å². The molecule has 3 heterocycles. The number of aliphatic hydroxyl groups is 1. The second-order valence-corrected chi connectivity index (χ2v) is 6.49. The topological polar surface area (TPSA) is 92.5 Å². The van der Waals surface area contributed by atoms with E-state index in [-0.39, 0.29) is 12.1 Å². The molecule has 0 spiro atoms. The SMILES string of the molecule is CCCC(F)(F)[C@@H](O)c1cnc2c(ccn2-c2cccc(-c3ncn[nH]3)c2)n1. The molecule has 2 N–H and O–H groups in total. The highest BCUT2D eigenvalue weighted by Gasteiger charge is 2.39. The first-order valence-corrected chi connectivity index (χ1v) is 8.85. The van der Waals surface area contributed by atoms with E-state index in [9.17, 15) is 13.9 Å². The van der Waals surface area contributed by atoms with Crippen LogP contribution in [0.15, 0.2) is 49.1 Å². The van der Waals surface area contributed by atoms with E-state index in [1.807, 2.05) is 24.3 Å². The zero-order valence-corrected chi connectivity index (χ0v) is 15.0. The van der Waals surface area contributed by atoms with Crippen LogP contribution < -0.4 is 0 Å². The van der Waals surface area contributed by atoms with E-state index in [0.29, 0.717) is 17.0 Å². The lowest BCUT2D eigenvalue weighted by Gasteiger charge is -2.21. The van der Waals surface area contributed by atoms with Crippen molar-refractivity contribution in [1.29, 1.82) is 0 Å². The number of fused-ring (bicyclic) bond motifs is 1. The molecule has 0 saturated heterocycles. The Morgan fingerprint density at radius 1 is 1.25 bits per heavy atom. The molecule has 0 aliphatic carbocycles. The molecule has 0 saturated carbocycles. The van der Waals surface area contributed by atoms with E-state index in [1.165, 1.54) is 12.5 Å². The van der Waals surface area contributed by atoms with Crippen molar-refractivity contribution in [3.8, 4) is 17.1 Å². The van der Waals surface area contributed by atoms with Gasteiger partial charge in [-0.3, -0.25) is 9.67 Å². The molecule has 28 heavy (non-hydrogen) atoms. The van der Waals surface area contributed by atoms with Crippen molar-refractivity contribution < 1.29 is 13.9 Å². The fraction of sp³-hybridized carbons (Fsp3) is 0.263. The second kappa shape index (κ2) is 7.08. The fourth-order valence-corrected chi connectivity index (χ4v) is 3.10. The van der Waals surface area contributed by atoms with Crippen LogP contribution in [0.1, 0.15) is 31.6 Å². The normalized spacial score (nSPS) is 13.1. The molecule has 0 aliphatic rings. The minimum Gasteiger partial charge on any atom is -0.380 e. The van der Waals surface area contributed by atoms with Crippen molar-refractivity contribution in [2.24, 2.45) is 0 Å². The molecule has 0 radical (unpaired) electrons. The highest BCUT2D eigenvalue weighted by molar-refractivity contribution is 5.74. The first-order valence-electron chi connectivity index (χ1n) is 8.85. The molecule has 4 rings (SSSR count). The highest BCUT2D eigenvalue weighted by Crippen LogP contribution is 2.34. The predicted octanol–water partition coefficient (Wildman–Crippen LogP) is 3.67. The first kappa shape index (κ1) is 18.2. The van der Waals surface area contributed by atoms with Crippen LogP contribution in [0.5, 0.6) is 0 Å². The Kier molecular flexibility index (Phi) is 4.60. The van der Waals surface area contributed by atoms with Crippen molar-refractivity contribution in [3.63, 3.8) is 0 Å². The van der Waals surface area contributed by atoms with Gasteiger partial charge in [-0.1, -0.05) is 25.5 Å². The van der Waals surface area contributed by atoms with Gasteiger partial charge in [-0.15, -0.1) is 0 Å². The molecule has 1 aromatic carbocycles. The van der Waals surface area contributed by atoms with Gasteiger partial charge in [0.1, 0.15) is 11.8 Å². The smallest absolute Gasteiger partial charge is 0.279 e. The largest absolute Gasteiger partial charge is 0.380 e. The van der Waals surface area contributed by atoms with Crippen LogP contribution in [-0.2, 0) is 0 Å². The molecule has 144 valence electrons. The van der Waals surface area contributed by atoms with Crippen LogP contribution >= 0.6 is 0 Å². The molecule has 0 fully saturated rings. The van der Waals surface area contributed by atoms with E-state index in [2.05, 4.69) is 25.1 Å². The third-order valence-corrected chi connectivity index (χ3v) is 4.48. The molecule has 1 atom stereocenters. The summed E-state index contributed by atoms with van der Waals surface area (Å²) in [5.41, 5.74) is 2.44. The van der Waals surface area contributed by atoms with Crippen LogP contribution in [0.4, 0.5) is 8.78 Å². The van der Waals surface area contributed by atoms with E-state index in [4.69, 9.17) is 0 Å². The molecular formula is C19H18F2N6O. The summed E-state index contributed by atoms with van der Waals surface area (Å²) >= 11 is 0. The van der Waals surface area contributed by atoms with E-state index < -0.39 is 18.4 Å². The van der Waals surface area contributed by atoms with Crippen molar-refractivity contribution in [3.05, 3.63) is 54.7 Å². The number of aromatic amines is 1. The summed E-state index contributed by atoms with van der Waals surface area (Å²) < 4.78 is 29.8. The van der Waals surface area contributed by atoms with Gasteiger partial charge in [-0.05, 0) is 18.2 Å². The van der Waals surface area contributed by atoms with Gasteiger partial charge in [0, 0.05) is 23.9 Å². The third-order valence-electron chi connectivity index (χ3n) is 4.48. The maximum atomic E-state index is 14.0. The van der Waals surface area contributed by atoms with Crippen molar-refractivity contribution in [1.82, 2.24) is 29.7 Å². The summed E-state index contributed by atoms with van der Waals surface area (Å²) in [6.07, 6.45) is 2.25. The summed E-state index contributed by atoms with van der Waals surface area (Å²) in [7, 11) is 0. The standard InChI is InChI=1S/C19H18F2N6O/c1-2-7-19(20,21)16(28)15-10-22-18-14(25-15)6-8-27(18)13-5-3-4-12(9-13)17-23-11-24-26-17/h3-6,8-11,16,28H,2,7H2,1H3,(H,23,24,26)/t16-/m0/s1. The van der Waals surface area contributed by atoms with Gasteiger partial charge in [0.2, 0.25) is 0 Å². The summed E-state index contributed by atoms with van der Waals surface area (Å²) in [4.78, 5) is 12.6. The summed E-state index contributed by atoms with van der Waals surface area (Å²) in [6, 6.07) is 9.23. The number of nitrogens with zero attached hydrogens (tertiary/aromatic N) is 5. The number of H-pyrrole nitrogens is 1. The molecule has 3 aromatic heterocycles. The maximum Gasteiger partial charge on any atom is 0.279 e. The molecule has 0 unspecified atom stereocenters. The monoisotopic (exact) mass is 384 g/mol. The average Bonchev–Trinajstić information content (AvgIpc) is 3.37. The Labute approximate surface area is 159 Å².